The Kier molecular flexibility index (Phi) is 5.79. The molecule has 0 saturated carbocycles. The molecule has 0 aliphatic carbocycles. The fourth-order valence-electron chi connectivity index (χ4n) is 3.04. The monoisotopic (exact) mass is 403 g/mol. The molecular formula is C19H18ClN3O5. The summed E-state index contributed by atoms with van der Waals surface area (Å²) in [5, 5.41) is 13.5. The zero-order valence-corrected chi connectivity index (χ0v) is 15.9. The van der Waals surface area contributed by atoms with Crippen LogP contribution in [0.3, 0.4) is 0 Å². The quantitative estimate of drug-likeness (QED) is 0.600. The van der Waals surface area contributed by atoms with Crippen molar-refractivity contribution in [3.8, 4) is 5.75 Å². The number of halogens is 1. The smallest absolute Gasteiger partial charge is 0.270 e. The van der Waals surface area contributed by atoms with Gasteiger partial charge in [0.15, 0.2) is 0 Å². The van der Waals surface area contributed by atoms with Crippen LogP contribution in [0.15, 0.2) is 36.4 Å². The van der Waals surface area contributed by atoms with Crippen molar-refractivity contribution in [2.24, 2.45) is 0 Å². The summed E-state index contributed by atoms with van der Waals surface area (Å²) in [6.07, 6.45) is 2.30. The molecule has 2 aromatic carbocycles. The molecule has 1 fully saturated rings. The Hall–Kier alpha value is -3.13. The van der Waals surface area contributed by atoms with Crippen LogP contribution < -0.4 is 15.0 Å². The van der Waals surface area contributed by atoms with Gasteiger partial charge in [-0.05, 0) is 31.0 Å². The van der Waals surface area contributed by atoms with Crippen molar-refractivity contribution in [1.29, 1.82) is 0 Å². The van der Waals surface area contributed by atoms with Crippen LogP contribution in [0.2, 0.25) is 5.02 Å². The van der Waals surface area contributed by atoms with Gasteiger partial charge >= 0.3 is 0 Å². The van der Waals surface area contributed by atoms with E-state index in [4.69, 9.17) is 16.3 Å². The Bertz CT molecular complexity index is 947. The first-order valence-corrected chi connectivity index (χ1v) is 9.02. The molecular weight excluding hydrogens is 386 g/mol. The normalized spacial score (nSPS) is 13.9. The van der Waals surface area contributed by atoms with Crippen LogP contribution >= 0.6 is 11.6 Å². The van der Waals surface area contributed by atoms with Crippen molar-refractivity contribution in [1.82, 2.24) is 0 Å². The fourth-order valence-corrected chi connectivity index (χ4v) is 3.30. The average molecular weight is 404 g/mol. The lowest BCUT2D eigenvalue weighted by molar-refractivity contribution is -0.384. The topological polar surface area (TPSA) is 102 Å². The fraction of sp³-hybridized carbons (Fsp3) is 0.263. The van der Waals surface area contributed by atoms with E-state index in [2.05, 4.69) is 5.32 Å². The number of nitrogens with one attached hydrogen (secondary N) is 1. The van der Waals surface area contributed by atoms with Crippen LogP contribution in [-0.4, -0.2) is 30.4 Å². The molecule has 9 heteroatoms. The molecule has 146 valence electrons. The Morgan fingerprint density at radius 3 is 2.68 bits per heavy atom. The van der Waals surface area contributed by atoms with Gasteiger partial charge in [0.25, 0.3) is 11.6 Å². The molecule has 0 spiro atoms. The molecule has 28 heavy (non-hydrogen) atoms. The second-order valence-electron chi connectivity index (χ2n) is 6.26. The van der Waals surface area contributed by atoms with E-state index in [0.29, 0.717) is 30.1 Å². The van der Waals surface area contributed by atoms with Crippen LogP contribution in [0.4, 0.5) is 17.1 Å². The van der Waals surface area contributed by atoms with Crippen LogP contribution in [0.25, 0.3) is 0 Å². The summed E-state index contributed by atoms with van der Waals surface area (Å²) in [5.74, 6) is -0.00871. The molecule has 2 aromatic rings. The molecule has 0 atom stereocenters. The number of ether oxygens (including phenoxy) is 1. The van der Waals surface area contributed by atoms with Gasteiger partial charge < -0.3 is 15.0 Å². The van der Waals surface area contributed by atoms with Gasteiger partial charge in [-0.15, -0.1) is 0 Å². The predicted octanol–water partition coefficient (Wildman–Crippen LogP) is 4.03. The first-order valence-electron chi connectivity index (χ1n) is 8.64. The van der Waals surface area contributed by atoms with Gasteiger partial charge in [-0.25, -0.2) is 0 Å². The van der Waals surface area contributed by atoms with Gasteiger partial charge in [0, 0.05) is 36.9 Å². The predicted molar refractivity (Wildman–Crippen MR) is 105 cm³/mol. The Morgan fingerprint density at radius 1 is 1.25 bits per heavy atom. The molecule has 1 N–H and O–H groups in total. The summed E-state index contributed by atoms with van der Waals surface area (Å²) < 4.78 is 5.39. The number of methoxy groups -OCH3 is 1. The third-order valence-electron chi connectivity index (χ3n) is 4.46. The van der Waals surface area contributed by atoms with E-state index in [0.717, 1.165) is 18.9 Å². The van der Waals surface area contributed by atoms with Crippen LogP contribution in [0, 0.1) is 10.1 Å². The van der Waals surface area contributed by atoms with E-state index in [1.807, 2.05) is 0 Å². The number of nitro groups is 1. The van der Waals surface area contributed by atoms with Gasteiger partial charge in [0.1, 0.15) is 5.75 Å². The largest absolute Gasteiger partial charge is 0.494 e. The van der Waals surface area contributed by atoms with Crippen LogP contribution in [0.1, 0.15) is 29.6 Å². The van der Waals surface area contributed by atoms with Gasteiger partial charge in [0.2, 0.25) is 5.91 Å². The summed E-state index contributed by atoms with van der Waals surface area (Å²) in [7, 11) is 1.49. The van der Waals surface area contributed by atoms with Crippen molar-refractivity contribution < 1.29 is 19.2 Å². The van der Waals surface area contributed by atoms with Gasteiger partial charge in [-0.1, -0.05) is 11.6 Å². The third-order valence-corrected chi connectivity index (χ3v) is 4.77. The molecule has 8 nitrogen and oxygen atoms in total. The van der Waals surface area contributed by atoms with Crippen molar-refractivity contribution in [2.45, 2.75) is 19.3 Å². The van der Waals surface area contributed by atoms with Gasteiger partial charge in [-0.2, -0.15) is 0 Å². The highest BCUT2D eigenvalue weighted by Crippen LogP contribution is 2.34. The summed E-state index contributed by atoms with van der Waals surface area (Å²) in [4.78, 5) is 36.5. The number of nitrogens with zero attached hydrogens (tertiary/aromatic N) is 2. The minimum absolute atomic E-state index is 0.0193. The van der Waals surface area contributed by atoms with E-state index in [1.165, 1.54) is 19.2 Å². The number of nitro benzene ring substituents is 1. The van der Waals surface area contributed by atoms with E-state index in [9.17, 15) is 19.7 Å². The lowest BCUT2D eigenvalue weighted by atomic mass is 10.1. The summed E-state index contributed by atoms with van der Waals surface area (Å²) >= 11 is 6.00. The number of non-ortho nitro benzene ring substituents is 1. The number of amides is 2. The highest BCUT2D eigenvalue weighted by molar-refractivity contribution is 6.34. The summed E-state index contributed by atoms with van der Waals surface area (Å²) in [6.45, 7) is 0.624. The van der Waals surface area contributed by atoms with E-state index < -0.39 is 10.8 Å². The number of anilines is 2. The van der Waals surface area contributed by atoms with Crippen molar-refractivity contribution >= 4 is 40.5 Å². The van der Waals surface area contributed by atoms with Gasteiger partial charge in [-0.3, -0.25) is 19.7 Å². The SMILES string of the molecule is COc1cc(NC(=O)c2ccc([N+](=O)[O-])cc2Cl)ccc1N1CCCCC1=O. The minimum Gasteiger partial charge on any atom is -0.494 e. The molecule has 0 aromatic heterocycles. The zero-order chi connectivity index (χ0) is 20.3. The maximum absolute atomic E-state index is 12.5. The number of carbonyl (C=O) groups is 2. The number of hydrogen-bond acceptors (Lipinski definition) is 5. The third kappa shape index (κ3) is 4.07. The molecule has 0 unspecified atom stereocenters. The van der Waals surface area contributed by atoms with E-state index in [1.54, 1.807) is 23.1 Å². The molecule has 1 aliphatic rings. The first-order chi connectivity index (χ1) is 13.4. The van der Waals surface area contributed by atoms with E-state index in [-0.39, 0.29) is 22.2 Å². The Labute approximate surface area is 166 Å². The second-order valence-corrected chi connectivity index (χ2v) is 6.67. The summed E-state index contributed by atoms with van der Waals surface area (Å²) in [5.41, 5.74) is 1.02. The minimum atomic E-state index is -0.584. The van der Waals surface area contributed by atoms with Crippen molar-refractivity contribution in [2.75, 3.05) is 23.9 Å². The Balaban J connectivity index is 1.82. The standard InChI is InChI=1S/C19H18ClN3O5/c1-28-17-10-12(5-8-16(17)22-9-3-2-4-18(22)24)21-19(25)14-7-6-13(23(26)27)11-15(14)20/h5-8,10-11H,2-4,9H2,1H3,(H,21,25). The average Bonchev–Trinajstić information content (AvgIpc) is 2.68. The molecule has 1 saturated heterocycles. The van der Waals surface area contributed by atoms with Crippen LogP contribution in [-0.2, 0) is 4.79 Å². The number of piperidine rings is 1. The number of rotatable bonds is 5. The lowest BCUT2D eigenvalue weighted by Crippen LogP contribution is -2.35. The molecule has 0 bridgehead atoms. The van der Waals surface area contributed by atoms with E-state index >= 15 is 0 Å². The highest BCUT2D eigenvalue weighted by Gasteiger charge is 2.23. The lowest BCUT2D eigenvalue weighted by Gasteiger charge is -2.28. The second kappa shape index (κ2) is 8.26. The Morgan fingerprint density at radius 2 is 2.04 bits per heavy atom. The van der Waals surface area contributed by atoms with Crippen molar-refractivity contribution in [3.63, 3.8) is 0 Å². The molecule has 2 amide bonds. The van der Waals surface area contributed by atoms with Gasteiger partial charge in [0.05, 0.1) is 28.3 Å². The number of hydrogen-bond donors (Lipinski definition) is 1. The van der Waals surface area contributed by atoms with Crippen molar-refractivity contribution in [3.05, 3.63) is 57.1 Å². The first kappa shape index (κ1) is 19.6. The van der Waals surface area contributed by atoms with Crippen LogP contribution in [0.5, 0.6) is 5.75 Å². The summed E-state index contributed by atoms with van der Waals surface area (Å²) in [6, 6.07) is 8.64. The molecule has 1 aliphatic heterocycles. The molecule has 3 rings (SSSR count). The molecule has 0 radical (unpaired) electrons. The number of carbonyl (C=O) groups excluding carboxylic acids is 2. The maximum Gasteiger partial charge on any atom is 0.270 e. The highest BCUT2D eigenvalue weighted by atomic mass is 35.5. The zero-order valence-electron chi connectivity index (χ0n) is 15.1. The maximum atomic E-state index is 12.5. The number of benzene rings is 2. The molecule has 1 heterocycles.